The Morgan fingerprint density at radius 3 is 1.76 bits per heavy atom. The summed E-state index contributed by atoms with van der Waals surface area (Å²) in [6.45, 7) is 2.02. The molecule has 0 radical (unpaired) electrons. The first-order valence-electron chi connectivity index (χ1n) is 7.42. The molecule has 2 aromatic rings. The largest absolute Gasteiger partial charge is 0.229 e. The van der Waals surface area contributed by atoms with Crippen LogP contribution in [-0.2, 0) is 9.84 Å². The first-order valence-corrected chi connectivity index (χ1v) is 9.25. The van der Waals surface area contributed by atoms with Gasteiger partial charge in [0, 0.05) is 5.92 Å². The molecule has 0 fully saturated rings. The Labute approximate surface area is 127 Å². The van der Waals surface area contributed by atoms with Crippen molar-refractivity contribution in [1.29, 1.82) is 0 Å². The zero-order chi connectivity index (χ0) is 15.1. The van der Waals surface area contributed by atoms with Gasteiger partial charge in [0.25, 0.3) is 0 Å². The zero-order valence-corrected chi connectivity index (χ0v) is 13.2. The summed E-state index contributed by atoms with van der Waals surface area (Å²) < 4.78 is 24.7. The van der Waals surface area contributed by atoms with E-state index in [9.17, 15) is 8.42 Å². The lowest BCUT2D eigenvalue weighted by molar-refractivity contribution is 0.589. The molecular formula is C18H22O2S. The van der Waals surface area contributed by atoms with Gasteiger partial charge >= 0.3 is 0 Å². The third kappa shape index (κ3) is 4.71. The highest BCUT2D eigenvalue weighted by Gasteiger charge is 2.21. The molecule has 112 valence electrons. The van der Waals surface area contributed by atoms with Crippen LogP contribution in [-0.4, -0.2) is 19.9 Å². The standard InChI is InChI=1S/C18H22O2S/c1-2-3-14-21(19,20)15-18(16-10-6-4-7-11-16)17-12-8-5-9-13-17/h4-13,18H,2-3,14-15H2,1H3. The molecule has 0 saturated carbocycles. The minimum Gasteiger partial charge on any atom is -0.229 e. The van der Waals surface area contributed by atoms with Gasteiger partial charge in [0.1, 0.15) is 0 Å². The summed E-state index contributed by atoms with van der Waals surface area (Å²) in [5.74, 6) is 0.370. The first-order chi connectivity index (χ1) is 10.1. The van der Waals surface area contributed by atoms with Crippen molar-refractivity contribution in [3.05, 3.63) is 71.8 Å². The highest BCUT2D eigenvalue weighted by molar-refractivity contribution is 7.91. The maximum Gasteiger partial charge on any atom is 0.151 e. The molecule has 2 rings (SSSR count). The van der Waals surface area contributed by atoms with E-state index in [-0.39, 0.29) is 17.4 Å². The lowest BCUT2D eigenvalue weighted by Gasteiger charge is -2.18. The van der Waals surface area contributed by atoms with Crippen LogP contribution in [0, 0.1) is 0 Å². The summed E-state index contributed by atoms with van der Waals surface area (Å²) in [5.41, 5.74) is 2.12. The van der Waals surface area contributed by atoms with Crippen LogP contribution in [0.4, 0.5) is 0 Å². The molecule has 0 saturated heterocycles. The minimum absolute atomic E-state index is 0.0887. The van der Waals surface area contributed by atoms with Gasteiger partial charge in [-0.05, 0) is 17.5 Å². The minimum atomic E-state index is -3.04. The maximum absolute atomic E-state index is 12.3. The Kier molecular flexibility index (Phi) is 5.57. The Morgan fingerprint density at radius 2 is 1.33 bits per heavy atom. The van der Waals surface area contributed by atoms with Crippen LogP contribution in [0.25, 0.3) is 0 Å². The van der Waals surface area contributed by atoms with Gasteiger partial charge in [0.05, 0.1) is 11.5 Å². The molecule has 0 aliphatic carbocycles. The van der Waals surface area contributed by atoms with Crippen molar-refractivity contribution in [3.8, 4) is 0 Å². The van der Waals surface area contributed by atoms with E-state index < -0.39 is 9.84 Å². The topological polar surface area (TPSA) is 34.1 Å². The average molecular weight is 302 g/mol. The van der Waals surface area contributed by atoms with Crippen LogP contribution < -0.4 is 0 Å². The second-order valence-electron chi connectivity index (χ2n) is 5.34. The first kappa shape index (κ1) is 15.8. The monoisotopic (exact) mass is 302 g/mol. The summed E-state index contributed by atoms with van der Waals surface area (Å²) in [5, 5.41) is 0. The molecule has 0 aliphatic heterocycles. The maximum atomic E-state index is 12.3. The van der Waals surface area contributed by atoms with Crippen molar-refractivity contribution in [1.82, 2.24) is 0 Å². The van der Waals surface area contributed by atoms with E-state index in [0.717, 1.165) is 24.0 Å². The molecule has 0 amide bonds. The number of benzene rings is 2. The number of hydrogen-bond donors (Lipinski definition) is 0. The van der Waals surface area contributed by atoms with Crippen molar-refractivity contribution in [2.45, 2.75) is 25.7 Å². The third-order valence-corrected chi connectivity index (χ3v) is 5.39. The molecular weight excluding hydrogens is 280 g/mol. The molecule has 0 bridgehead atoms. The Morgan fingerprint density at radius 1 is 0.857 bits per heavy atom. The summed E-state index contributed by atoms with van der Waals surface area (Å²) in [7, 11) is -3.04. The molecule has 0 N–H and O–H groups in total. The second-order valence-corrected chi connectivity index (χ2v) is 7.57. The molecule has 3 heteroatoms. The van der Waals surface area contributed by atoms with Crippen LogP contribution in [0.3, 0.4) is 0 Å². The molecule has 0 unspecified atom stereocenters. The summed E-state index contributed by atoms with van der Waals surface area (Å²) in [4.78, 5) is 0. The van der Waals surface area contributed by atoms with Gasteiger partial charge in [0.15, 0.2) is 9.84 Å². The number of rotatable bonds is 7. The smallest absolute Gasteiger partial charge is 0.151 e. The average Bonchev–Trinajstić information content (AvgIpc) is 2.52. The normalized spacial score (nSPS) is 11.7. The lowest BCUT2D eigenvalue weighted by Crippen LogP contribution is -2.18. The SMILES string of the molecule is CCCCS(=O)(=O)CC(c1ccccc1)c1ccccc1. The molecule has 0 spiro atoms. The van der Waals surface area contributed by atoms with Crippen LogP contribution in [0.5, 0.6) is 0 Å². The van der Waals surface area contributed by atoms with Crippen molar-refractivity contribution in [2.75, 3.05) is 11.5 Å². The predicted octanol–water partition coefficient (Wildman–Crippen LogP) is 4.03. The van der Waals surface area contributed by atoms with E-state index in [0.29, 0.717) is 0 Å². The van der Waals surface area contributed by atoms with Crippen molar-refractivity contribution < 1.29 is 8.42 Å². The second kappa shape index (κ2) is 7.41. The van der Waals surface area contributed by atoms with Gasteiger partial charge in [-0.25, -0.2) is 8.42 Å². The fraction of sp³-hybridized carbons (Fsp3) is 0.333. The van der Waals surface area contributed by atoms with Gasteiger partial charge in [-0.1, -0.05) is 74.0 Å². The highest BCUT2D eigenvalue weighted by Crippen LogP contribution is 2.26. The van der Waals surface area contributed by atoms with E-state index in [4.69, 9.17) is 0 Å². The van der Waals surface area contributed by atoms with Gasteiger partial charge < -0.3 is 0 Å². The Balaban J connectivity index is 2.30. The summed E-state index contributed by atoms with van der Waals surface area (Å²) in [6.07, 6.45) is 1.64. The van der Waals surface area contributed by atoms with Gasteiger partial charge in [-0.15, -0.1) is 0 Å². The lowest BCUT2D eigenvalue weighted by atomic mass is 9.93. The van der Waals surface area contributed by atoms with E-state index in [1.54, 1.807) is 0 Å². The predicted molar refractivity (Wildman–Crippen MR) is 88.3 cm³/mol. The fourth-order valence-electron chi connectivity index (χ4n) is 2.46. The van der Waals surface area contributed by atoms with Crippen molar-refractivity contribution >= 4 is 9.84 Å². The molecule has 0 heterocycles. The van der Waals surface area contributed by atoms with E-state index in [1.807, 2.05) is 67.6 Å². The zero-order valence-electron chi connectivity index (χ0n) is 12.4. The summed E-state index contributed by atoms with van der Waals surface area (Å²) >= 11 is 0. The van der Waals surface area contributed by atoms with E-state index >= 15 is 0 Å². The molecule has 0 aromatic heterocycles. The Hall–Kier alpha value is -1.61. The van der Waals surface area contributed by atoms with Crippen LogP contribution in [0.15, 0.2) is 60.7 Å². The fourth-order valence-corrected chi connectivity index (χ4v) is 4.25. The van der Waals surface area contributed by atoms with Crippen LogP contribution >= 0.6 is 0 Å². The highest BCUT2D eigenvalue weighted by atomic mass is 32.2. The Bertz CT molecular complexity index is 594. The molecule has 0 atom stereocenters. The van der Waals surface area contributed by atoms with E-state index in [1.165, 1.54) is 0 Å². The van der Waals surface area contributed by atoms with E-state index in [2.05, 4.69) is 0 Å². The third-order valence-electron chi connectivity index (χ3n) is 3.63. The van der Waals surface area contributed by atoms with Crippen molar-refractivity contribution in [3.63, 3.8) is 0 Å². The number of hydrogen-bond acceptors (Lipinski definition) is 2. The van der Waals surface area contributed by atoms with Gasteiger partial charge in [-0.3, -0.25) is 0 Å². The number of unbranched alkanes of at least 4 members (excludes halogenated alkanes) is 1. The molecule has 21 heavy (non-hydrogen) atoms. The summed E-state index contributed by atoms with van der Waals surface area (Å²) in [6, 6.07) is 19.8. The molecule has 0 aliphatic rings. The quantitative estimate of drug-likeness (QED) is 0.773. The number of sulfone groups is 1. The molecule has 2 nitrogen and oxygen atoms in total. The van der Waals surface area contributed by atoms with Gasteiger partial charge in [0.2, 0.25) is 0 Å². The molecule has 2 aromatic carbocycles. The van der Waals surface area contributed by atoms with Crippen LogP contribution in [0.1, 0.15) is 36.8 Å². The van der Waals surface area contributed by atoms with Crippen LogP contribution in [0.2, 0.25) is 0 Å². The van der Waals surface area contributed by atoms with Crippen molar-refractivity contribution in [2.24, 2.45) is 0 Å². The van der Waals surface area contributed by atoms with Gasteiger partial charge in [-0.2, -0.15) is 0 Å².